The summed E-state index contributed by atoms with van der Waals surface area (Å²) in [7, 11) is -10.1. The Labute approximate surface area is 108 Å². The van der Waals surface area contributed by atoms with Gasteiger partial charge in [-0.1, -0.05) is 0 Å². The predicted molar refractivity (Wildman–Crippen MR) is 45.0 cm³/mol. The molecule has 0 spiro atoms. The standard InChI is InChI=1S/C5H10F3O6PS.Li/c1-3-13-15(9,10)4(5(6,7)8)14-16(2,11)12;/h4H,3H2,1-2H3,(H,9,10);/q;+1/p-1. The summed E-state index contributed by atoms with van der Waals surface area (Å²) in [5.41, 5.74) is 0. The number of alkyl halides is 3. The fraction of sp³-hybridized carbons (Fsp3) is 1.00. The second-order valence-electron chi connectivity index (χ2n) is 2.65. The van der Waals surface area contributed by atoms with Crippen molar-refractivity contribution in [1.82, 2.24) is 0 Å². The van der Waals surface area contributed by atoms with Gasteiger partial charge in [0.05, 0.1) is 12.9 Å². The molecular weight excluding hydrogens is 283 g/mol. The topological polar surface area (TPSA) is 92.7 Å². The summed E-state index contributed by atoms with van der Waals surface area (Å²) < 4.78 is 76.0. The normalized spacial score (nSPS) is 18.0. The van der Waals surface area contributed by atoms with Gasteiger partial charge in [0, 0.05) is 0 Å². The molecule has 0 saturated carbocycles. The minimum atomic E-state index is -5.50. The molecule has 6 nitrogen and oxygen atoms in total. The van der Waals surface area contributed by atoms with Crippen LogP contribution in [0.1, 0.15) is 6.92 Å². The van der Waals surface area contributed by atoms with Crippen LogP contribution in [-0.4, -0.2) is 33.3 Å². The van der Waals surface area contributed by atoms with Crippen molar-refractivity contribution >= 4 is 17.7 Å². The van der Waals surface area contributed by atoms with Crippen LogP contribution in [0.4, 0.5) is 13.2 Å². The minimum Gasteiger partial charge on any atom is -0.776 e. The van der Waals surface area contributed by atoms with Crippen LogP contribution in [0.2, 0.25) is 0 Å². The van der Waals surface area contributed by atoms with Crippen LogP contribution >= 0.6 is 7.60 Å². The zero-order valence-electron chi connectivity index (χ0n) is 9.22. The quantitative estimate of drug-likeness (QED) is 0.314. The van der Waals surface area contributed by atoms with Gasteiger partial charge in [0.15, 0.2) is 7.60 Å². The van der Waals surface area contributed by atoms with E-state index in [0.717, 1.165) is 6.92 Å². The number of hydrogen-bond acceptors (Lipinski definition) is 6. The van der Waals surface area contributed by atoms with Gasteiger partial charge in [-0.3, -0.25) is 0 Å². The summed E-state index contributed by atoms with van der Waals surface area (Å²) >= 11 is 0. The first-order valence-corrected chi connectivity index (χ1v) is 7.23. The minimum absolute atomic E-state index is 0. The Kier molecular flexibility index (Phi) is 7.64. The van der Waals surface area contributed by atoms with Crippen LogP contribution in [-0.2, 0) is 23.4 Å². The molecule has 0 saturated heterocycles. The third-order valence-corrected chi connectivity index (χ3v) is 3.42. The van der Waals surface area contributed by atoms with Crippen molar-refractivity contribution < 1.29 is 58.6 Å². The summed E-state index contributed by atoms with van der Waals surface area (Å²) in [5, 5.41) is 0. The van der Waals surface area contributed by atoms with Crippen molar-refractivity contribution in [2.75, 3.05) is 12.9 Å². The Hall–Kier alpha value is 0.447. The number of halogens is 3. The molecule has 0 aliphatic heterocycles. The van der Waals surface area contributed by atoms with Gasteiger partial charge in [0.1, 0.15) is 0 Å². The second-order valence-corrected chi connectivity index (χ2v) is 6.06. The molecule has 0 bridgehead atoms. The fourth-order valence-electron chi connectivity index (χ4n) is 0.700. The smallest absolute Gasteiger partial charge is 0.776 e. The Bertz CT molecular complexity index is 382. The monoisotopic (exact) mass is 292 g/mol. The van der Waals surface area contributed by atoms with Crippen molar-refractivity contribution in [2.24, 2.45) is 0 Å². The summed E-state index contributed by atoms with van der Waals surface area (Å²) in [4.78, 5) is 11.0. The van der Waals surface area contributed by atoms with Gasteiger partial charge < -0.3 is 14.0 Å². The van der Waals surface area contributed by atoms with E-state index in [-0.39, 0.29) is 18.9 Å². The van der Waals surface area contributed by atoms with Crippen LogP contribution in [0.15, 0.2) is 0 Å². The molecule has 2 unspecified atom stereocenters. The molecule has 2 atom stereocenters. The van der Waals surface area contributed by atoms with Gasteiger partial charge in [-0.25, -0.2) is 4.18 Å². The van der Waals surface area contributed by atoms with Crippen molar-refractivity contribution in [2.45, 2.75) is 18.9 Å². The third-order valence-electron chi connectivity index (χ3n) is 1.14. The van der Waals surface area contributed by atoms with E-state index in [0.29, 0.717) is 6.26 Å². The van der Waals surface area contributed by atoms with E-state index in [2.05, 4.69) is 8.71 Å². The van der Waals surface area contributed by atoms with Crippen LogP contribution in [0.3, 0.4) is 0 Å². The van der Waals surface area contributed by atoms with Crippen LogP contribution in [0.25, 0.3) is 0 Å². The summed E-state index contributed by atoms with van der Waals surface area (Å²) in [6, 6.07) is 0. The van der Waals surface area contributed by atoms with Crippen molar-refractivity contribution in [3.05, 3.63) is 0 Å². The molecule has 17 heavy (non-hydrogen) atoms. The largest absolute Gasteiger partial charge is 1.00 e. The van der Waals surface area contributed by atoms with E-state index >= 15 is 0 Å². The van der Waals surface area contributed by atoms with Crippen LogP contribution in [0.5, 0.6) is 0 Å². The molecule has 0 aliphatic carbocycles. The van der Waals surface area contributed by atoms with Gasteiger partial charge >= 0.3 is 25.0 Å². The Morgan fingerprint density at radius 2 is 1.82 bits per heavy atom. The van der Waals surface area contributed by atoms with E-state index in [1.54, 1.807) is 0 Å². The Balaban J connectivity index is 0. The van der Waals surface area contributed by atoms with E-state index in [1.807, 2.05) is 0 Å². The summed E-state index contributed by atoms with van der Waals surface area (Å²) in [6.45, 7) is 0.582. The first kappa shape index (κ1) is 19.8. The maximum atomic E-state index is 12.2. The molecule has 0 aromatic heterocycles. The zero-order valence-corrected chi connectivity index (χ0v) is 10.9. The molecule has 0 aromatic carbocycles. The maximum absolute atomic E-state index is 12.2. The third kappa shape index (κ3) is 7.46. The van der Waals surface area contributed by atoms with Crippen molar-refractivity contribution in [1.29, 1.82) is 0 Å². The van der Waals surface area contributed by atoms with Crippen LogP contribution < -0.4 is 23.8 Å². The number of hydrogen-bond donors (Lipinski definition) is 0. The van der Waals surface area contributed by atoms with E-state index in [4.69, 9.17) is 0 Å². The molecule has 0 aliphatic rings. The first-order chi connectivity index (χ1) is 6.90. The van der Waals surface area contributed by atoms with Crippen molar-refractivity contribution in [3.8, 4) is 0 Å². The average molecular weight is 292 g/mol. The SMILES string of the molecule is CCOP(=O)([O-])C(OS(C)(=O)=O)C(F)(F)F.[Li+]. The first-order valence-electron chi connectivity index (χ1n) is 3.80. The van der Waals surface area contributed by atoms with Crippen LogP contribution in [0, 0.1) is 0 Å². The van der Waals surface area contributed by atoms with Gasteiger partial charge in [-0.15, -0.1) is 0 Å². The van der Waals surface area contributed by atoms with Crippen molar-refractivity contribution in [3.63, 3.8) is 0 Å². The van der Waals surface area contributed by atoms with Gasteiger partial charge in [-0.2, -0.15) is 21.6 Å². The molecule has 0 heterocycles. The molecule has 0 N–H and O–H groups in total. The zero-order chi connectivity index (χ0) is 13.2. The van der Waals surface area contributed by atoms with E-state index in [9.17, 15) is 31.0 Å². The van der Waals surface area contributed by atoms with Gasteiger partial charge in [-0.05, 0) is 6.92 Å². The molecule has 0 radical (unpaired) electrons. The number of rotatable bonds is 5. The summed E-state index contributed by atoms with van der Waals surface area (Å²) in [6.07, 6.45) is -5.09. The molecule has 12 heteroatoms. The summed E-state index contributed by atoms with van der Waals surface area (Å²) in [5.74, 6) is -3.52. The Morgan fingerprint density at radius 3 is 2.06 bits per heavy atom. The molecule has 0 rings (SSSR count). The molecular formula is C5H9F3LiO6PS. The van der Waals surface area contributed by atoms with E-state index < -0.39 is 36.3 Å². The average Bonchev–Trinajstić information content (AvgIpc) is 1.96. The molecule has 0 aromatic rings. The molecule has 0 amide bonds. The molecule has 98 valence electrons. The molecule has 0 fully saturated rings. The maximum Gasteiger partial charge on any atom is 1.00 e. The van der Waals surface area contributed by atoms with E-state index in [1.165, 1.54) is 0 Å². The second kappa shape index (κ2) is 6.57. The van der Waals surface area contributed by atoms with Gasteiger partial charge in [0.25, 0.3) is 10.1 Å². The predicted octanol–water partition coefficient (Wildman–Crippen LogP) is -2.56. The fourth-order valence-corrected chi connectivity index (χ4v) is 2.88. The Morgan fingerprint density at radius 1 is 1.41 bits per heavy atom. The van der Waals surface area contributed by atoms with Gasteiger partial charge in [0.2, 0.25) is 5.85 Å².